The lowest BCUT2D eigenvalue weighted by atomic mass is 10.1. The first-order chi connectivity index (χ1) is 12.7. The van der Waals surface area contributed by atoms with Crippen molar-refractivity contribution < 1.29 is 9.53 Å². The molecule has 3 aromatic rings. The summed E-state index contributed by atoms with van der Waals surface area (Å²) >= 11 is 0. The van der Waals surface area contributed by atoms with E-state index in [1.807, 2.05) is 61.5 Å². The van der Waals surface area contributed by atoms with Crippen molar-refractivity contribution in [3.63, 3.8) is 0 Å². The predicted octanol–water partition coefficient (Wildman–Crippen LogP) is 4.23. The number of amides is 1. The molecule has 0 saturated heterocycles. The van der Waals surface area contributed by atoms with Gasteiger partial charge >= 0.3 is 0 Å². The van der Waals surface area contributed by atoms with Crippen LogP contribution >= 0.6 is 0 Å². The van der Waals surface area contributed by atoms with E-state index in [4.69, 9.17) is 9.72 Å². The maximum atomic E-state index is 12.7. The molecule has 1 aliphatic carbocycles. The highest BCUT2D eigenvalue weighted by molar-refractivity contribution is 6.06. The van der Waals surface area contributed by atoms with Crippen LogP contribution < -0.4 is 10.1 Å². The number of carbonyl (C=O) groups is 1. The summed E-state index contributed by atoms with van der Waals surface area (Å²) in [6, 6.07) is 17.7. The second-order valence-electron chi connectivity index (χ2n) is 6.80. The van der Waals surface area contributed by atoms with Crippen molar-refractivity contribution in [3.8, 4) is 5.75 Å². The van der Waals surface area contributed by atoms with Gasteiger partial charge in [0.25, 0.3) is 5.91 Å². The van der Waals surface area contributed by atoms with Gasteiger partial charge in [0, 0.05) is 17.0 Å². The Labute approximate surface area is 153 Å². The van der Waals surface area contributed by atoms with Crippen molar-refractivity contribution in [1.82, 2.24) is 10.3 Å². The molecule has 0 unspecified atom stereocenters. The van der Waals surface area contributed by atoms with E-state index in [0.717, 1.165) is 35.2 Å². The smallest absolute Gasteiger partial charge is 0.252 e. The van der Waals surface area contributed by atoms with Crippen molar-refractivity contribution in [1.29, 1.82) is 0 Å². The lowest BCUT2D eigenvalue weighted by molar-refractivity contribution is 0.0948. The summed E-state index contributed by atoms with van der Waals surface area (Å²) in [4.78, 5) is 17.4. The van der Waals surface area contributed by atoms with Crippen LogP contribution in [0.25, 0.3) is 10.9 Å². The SMILES string of the molecule is Cc1ccc(OCCNC(=O)c2cc(C3CC3)nc3ccccc23)cc1. The third-order valence-electron chi connectivity index (χ3n) is 4.65. The number of benzene rings is 2. The van der Waals surface area contributed by atoms with Crippen LogP contribution in [0.5, 0.6) is 5.75 Å². The zero-order chi connectivity index (χ0) is 17.9. The summed E-state index contributed by atoms with van der Waals surface area (Å²) in [5.74, 6) is 1.25. The molecular weight excluding hydrogens is 324 g/mol. The maximum absolute atomic E-state index is 12.7. The maximum Gasteiger partial charge on any atom is 0.252 e. The molecule has 1 heterocycles. The van der Waals surface area contributed by atoms with Gasteiger partial charge in [-0.1, -0.05) is 35.9 Å². The molecule has 4 rings (SSSR count). The fourth-order valence-electron chi connectivity index (χ4n) is 3.04. The van der Waals surface area contributed by atoms with Crippen molar-refractivity contribution in [2.45, 2.75) is 25.7 Å². The van der Waals surface area contributed by atoms with E-state index in [9.17, 15) is 4.79 Å². The van der Waals surface area contributed by atoms with Gasteiger partial charge in [-0.05, 0) is 44.0 Å². The van der Waals surface area contributed by atoms with Crippen molar-refractivity contribution in [2.75, 3.05) is 13.2 Å². The fraction of sp³-hybridized carbons (Fsp3) is 0.273. The molecule has 0 aliphatic heterocycles. The Morgan fingerprint density at radius 2 is 1.92 bits per heavy atom. The van der Waals surface area contributed by atoms with Gasteiger partial charge in [-0.15, -0.1) is 0 Å². The van der Waals surface area contributed by atoms with E-state index < -0.39 is 0 Å². The van der Waals surface area contributed by atoms with Gasteiger partial charge in [0.15, 0.2) is 0 Å². The van der Waals surface area contributed by atoms with E-state index in [0.29, 0.717) is 24.6 Å². The predicted molar refractivity (Wildman–Crippen MR) is 103 cm³/mol. The zero-order valence-electron chi connectivity index (χ0n) is 14.9. The average molecular weight is 346 g/mol. The third-order valence-corrected chi connectivity index (χ3v) is 4.65. The van der Waals surface area contributed by atoms with Crippen LogP contribution in [-0.4, -0.2) is 24.0 Å². The molecule has 4 nitrogen and oxygen atoms in total. The standard InChI is InChI=1S/C22H22N2O2/c1-15-6-10-17(11-7-15)26-13-12-23-22(25)19-14-21(16-8-9-16)24-20-5-3-2-4-18(19)20/h2-7,10-11,14,16H,8-9,12-13H2,1H3,(H,23,25). The molecule has 2 aromatic carbocycles. The number of pyridine rings is 1. The highest BCUT2D eigenvalue weighted by Gasteiger charge is 2.26. The number of aryl methyl sites for hydroxylation is 1. The number of rotatable bonds is 6. The summed E-state index contributed by atoms with van der Waals surface area (Å²) in [6.07, 6.45) is 2.33. The number of hydrogen-bond donors (Lipinski definition) is 1. The molecule has 1 N–H and O–H groups in total. The molecule has 0 spiro atoms. The first-order valence-corrected chi connectivity index (χ1v) is 9.08. The van der Waals surface area contributed by atoms with E-state index >= 15 is 0 Å². The average Bonchev–Trinajstić information content (AvgIpc) is 3.51. The van der Waals surface area contributed by atoms with Crippen molar-refractivity contribution >= 4 is 16.8 Å². The van der Waals surface area contributed by atoms with Gasteiger partial charge in [0.05, 0.1) is 17.6 Å². The first kappa shape index (κ1) is 16.6. The molecule has 1 aromatic heterocycles. The molecule has 26 heavy (non-hydrogen) atoms. The van der Waals surface area contributed by atoms with E-state index in [1.54, 1.807) is 0 Å². The Bertz CT molecular complexity index is 931. The summed E-state index contributed by atoms with van der Waals surface area (Å²) in [5, 5.41) is 3.86. The molecule has 1 saturated carbocycles. The minimum Gasteiger partial charge on any atom is -0.492 e. The van der Waals surface area contributed by atoms with Crippen molar-refractivity contribution in [3.05, 3.63) is 71.4 Å². The van der Waals surface area contributed by atoms with Crippen LogP contribution in [0, 0.1) is 6.92 Å². The van der Waals surface area contributed by atoms with E-state index in [-0.39, 0.29) is 5.91 Å². The molecular formula is C22H22N2O2. The van der Waals surface area contributed by atoms with E-state index in [1.165, 1.54) is 5.56 Å². The Kier molecular flexibility index (Phi) is 4.57. The highest BCUT2D eigenvalue weighted by atomic mass is 16.5. The Morgan fingerprint density at radius 3 is 2.69 bits per heavy atom. The van der Waals surface area contributed by atoms with Gasteiger partial charge in [0.1, 0.15) is 12.4 Å². The van der Waals surface area contributed by atoms with E-state index in [2.05, 4.69) is 5.32 Å². The van der Waals surface area contributed by atoms with Crippen LogP contribution in [-0.2, 0) is 0 Å². The summed E-state index contributed by atoms with van der Waals surface area (Å²) in [7, 11) is 0. The number of hydrogen-bond acceptors (Lipinski definition) is 3. The summed E-state index contributed by atoms with van der Waals surface area (Å²) in [5.41, 5.74) is 3.82. The minimum atomic E-state index is -0.0713. The van der Waals surface area contributed by atoms with Crippen LogP contribution in [0.15, 0.2) is 54.6 Å². The number of carbonyl (C=O) groups excluding carboxylic acids is 1. The monoisotopic (exact) mass is 346 g/mol. The Balaban J connectivity index is 1.43. The molecule has 0 radical (unpaired) electrons. The van der Waals surface area contributed by atoms with Crippen LogP contribution in [0.1, 0.15) is 40.4 Å². The van der Waals surface area contributed by atoms with Crippen LogP contribution in [0.2, 0.25) is 0 Å². The van der Waals surface area contributed by atoms with Gasteiger partial charge in [-0.2, -0.15) is 0 Å². The Hall–Kier alpha value is -2.88. The number of fused-ring (bicyclic) bond motifs is 1. The number of ether oxygens (including phenoxy) is 1. The van der Waals surface area contributed by atoms with Crippen molar-refractivity contribution in [2.24, 2.45) is 0 Å². The zero-order valence-corrected chi connectivity index (χ0v) is 14.9. The normalized spacial score (nSPS) is 13.6. The van der Waals surface area contributed by atoms with Gasteiger partial charge in [-0.3, -0.25) is 9.78 Å². The fourth-order valence-corrected chi connectivity index (χ4v) is 3.04. The summed E-state index contributed by atoms with van der Waals surface area (Å²) in [6.45, 7) is 2.94. The number of nitrogens with zero attached hydrogens (tertiary/aromatic N) is 1. The molecule has 1 amide bonds. The minimum absolute atomic E-state index is 0.0713. The second-order valence-corrected chi connectivity index (χ2v) is 6.80. The largest absolute Gasteiger partial charge is 0.492 e. The van der Waals surface area contributed by atoms with Gasteiger partial charge < -0.3 is 10.1 Å². The molecule has 1 fully saturated rings. The van der Waals surface area contributed by atoms with Gasteiger partial charge in [0.2, 0.25) is 0 Å². The van der Waals surface area contributed by atoms with Crippen LogP contribution in [0.4, 0.5) is 0 Å². The van der Waals surface area contributed by atoms with Crippen LogP contribution in [0.3, 0.4) is 0 Å². The number of nitrogens with one attached hydrogen (secondary N) is 1. The topological polar surface area (TPSA) is 51.2 Å². The third kappa shape index (κ3) is 3.69. The Morgan fingerprint density at radius 1 is 1.15 bits per heavy atom. The molecule has 0 atom stereocenters. The molecule has 0 bridgehead atoms. The lowest BCUT2D eigenvalue weighted by Crippen LogP contribution is -2.28. The lowest BCUT2D eigenvalue weighted by Gasteiger charge is -2.11. The highest BCUT2D eigenvalue weighted by Crippen LogP contribution is 2.40. The van der Waals surface area contributed by atoms with Gasteiger partial charge in [-0.25, -0.2) is 0 Å². The molecule has 132 valence electrons. The molecule has 4 heteroatoms. The molecule has 1 aliphatic rings. The second kappa shape index (κ2) is 7.16. The number of para-hydroxylation sites is 1. The summed E-state index contributed by atoms with van der Waals surface area (Å²) < 4.78 is 5.68. The number of aromatic nitrogens is 1. The quantitative estimate of drug-likeness (QED) is 0.680. The first-order valence-electron chi connectivity index (χ1n) is 9.08.